The fourth-order valence-corrected chi connectivity index (χ4v) is 2.95. The first-order valence-electron chi connectivity index (χ1n) is 8.01. The van der Waals surface area contributed by atoms with Gasteiger partial charge in [-0.1, -0.05) is 37.6 Å². The lowest BCUT2D eigenvalue weighted by Gasteiger charge is -2.24. The molecule has 0 saturated carbocycles. The zero-order valence-corrected chi connectivity index (χ0v) is 17.7. The quantitative estimate of drug-likeness (QED) is 0.520. The van der Waals surface area contributed by atoms with Crippen LogP contribution in [0.4, 0.5) is 0 Å². The molecule has 26 heavy (non-hydrogen) atoms. The summed E-state index contributed by atoms with van der Waals surface area (Å²) in [4.78, 5) is 21.4. The number of hydrogen-bond donors (Lipinski definition) is 2. The van der Waals surface area contributed by atoms with Gasteiger partial charge in [0.15, 0.2) is 6.61 Å². The van der Waals surface area contributed by atoms with Crippen LogP contribution in [0.25, 0.3) is 0 Å². The minimum absolute atomic E-state index is 0. The van der Waals surface area contributed by atoms with Gasteiger partial charge in [-0.15, -0.1) is 0 Å². The van der Waals surface area contributed by atoms with Crippen LogP contribution in [0.1, 0.15) is 34.6 Å². The first-order valence-corrected chi connectivity index (χ1v) is 10.0. The number of hydrogen-bond acceptors (Lipinski definition) is 6. The monoisotopic (exact) mass is 409 g/mol. The number of carbonyl (C=O) groups excluding carboxylic acids is 1. The maximum absolute atomic E-state index is 11.8. The van der Waals surface area contributed by atoms with Gasteiger partial charge >= 0.3 is 13.6 Å². The van der Waals surface area contributed by atoms with Gasteiger partial charge in [0.2, 0.25) is 5.85 Å². The predicted molar refractivity (Wildman–Crippen MR) is 102 cm³/mol. The van der Waals surface area contributed by atoms with Crippen molar-refractivity contribution in [2.24, 2.45) is 11.7 Å². The van der Waals surface area contributed by atoms with Crippen molar-refractivity contribution in [2.45, 2.75) is 46.0 Å². The summed E-state index contributed by atoms with van der Waals surface area (Å²) in [5.74, 6) is -2.08. The summed E-state index contributed by atoms with van der Waals surface area (Å²) in [5, 5.41) is 0.357. The van der Waals surface area contributed by atoms with Gasteiger partial charge in [-0.3, -0.25) is 4.57 Å². The largest absolute Gasteiger partial charge is 0.480 e. The standard InChI is InChI=1S/C13H18ClO6P.C4H11N/c1-9(2)13(21(16,17)18-3)20-12(15)8-19-11-7-5-4-6-10(11)14;1-4(2,3)5/h4-7,9,13H,8H2,1-3H3,(H,16,17);5H2,1-3H3. The Balaban J connectivity index is 0.00000110. The minimum atomic E-state index is -4.02. The van der Waals surface area contributed by atoms with Crippen LogP contribution in [0.15, 0.2) is 24.3 Å². The molecule has 0 aromatic heterocycles. The molecule has 150 valence electrons. The molecule has 0 amide bonds. The predicted octanol–water partition coefficient (Wildman–Crippen LogP) is 3.82. The lowest BCUT2D eigenvalue weighted by Crippen LogP contribution is -2.27. The molecule has 0 radical (unpaired) electrons. The van der Waals surface area contributed by atoms with Crippen molar-refractivity contribution in [3.8, 4) is 5.75 Å². The molecule has 0 heterocycles. The van der Waals surface area contributed by atoms with Gasteiger partial charge in [0.25, 0.3) is 0 Å². The first kappa shape index (κ1) is 24.9. The summed E-state index contributed by atoms with van der Waals surface area (Å²) in [7, 11) is -2.94. The molecule has 0 bridgehead atoms. The Morgan fingerprint density at radius 2 is 1.81 bits per heavy atom. The van der Waals surface area contributed by atoms with E-state index in [1.807, 2.05) is 20.8 Å². The van der Waals surface area contributed by atoms with Gasteiger partial charge in [-0.25, -0.2) is 4.79 Å². The zero-order chi connectivity index (χ0) is 20.5. The van der Waals surface area contributed by atoms with Crippen LogP contribution in [-0.2, 0) is 18.6 Å². The average Bonchev–Trinajstić information content (AvgIpc) is 2.49. The fraction of sp³-hybridized carbons (Fsp3) is 0.588. The van der Waals surface area contributed by atoms with Crippen molar-refractivity contribution < 1.29 is 28.3 Å². The van der Waals surface area contributed by atoms with E-state index >= 15 is 0 Å². The summed E-state index contributed by atoms with van der Waals surface area (Å²) >= 11 is 5.88. The van der Waals surface area contributed by atoms with Crippen LogP contribution < -0.4 is 10.5 Å². The number of rotatable bonds is 7. The second-order valence-electron chi connectivity index (χ2n) is 6.96. The third-order valence-electron chi connectivity index (χ3n) is 2.59. The number of nitrogens with two attached hydrogens (primary N) is 1. The second kappa shape index (κ2) is 10.9. The van der Waals surface area contributed by atoms with Gasteiger partial charge in [0, 0.05) is 18.6 Å². The van der Waals surface area contributed by atoms with E-state index in [0.717, 1.165) is 7.11 Å². The molecule has 3 N–H and O–H groups in total. The molecule has 2 atom stereocenters. The summed E-state index contributed by atoms with van der Waals surface area (Å²) in [5.41, 5.74) is 5.35. The maximum Gasteiger partial charge on any atom is 0.368 e. The number of ether oxygens (including phenoxy) is 2. The number of esters is 1. The van der Waals surface area contributed by atoms with Crippen molar-refractivity contribution in [3.05, 3.63) is 29.3 Å². The SMILES string of the molecule is CC(C)(C)N.COP(=O)(O)C(OC(=O)COc1ccccc1Cl)C(C)C. The number of halogens is 1. The molecule has 0 saturated heterocycles. The van der Waals surface area contributed by atoms with E-state index in [4.69, 9.17) is 26.8 Å². The number of carbonyl (C=O) groups is 1. The third-order valence-corrected chi connectivity index (χ3v) is 4.77. The Morgan fingerprint density at radius 1 is 1.31 bits per heavy atom. The molecule has 2 unspecified atom stereocenters. The number of para-hydroxylation sites is 1. The fourth-order valence-electron chi connectivity index (χ4n) is 1.55. The molecule has 0 fully saturated rings. The zero-order valence-electron chi connectivity index (χ0n) is 16.1. The maximum atomic E-state index is 11.8. The van der Waals surface area contributed by atoms with Crippen molar-refractivity contribution in [2.75, 3.05) is 13.7 Å². The third kappa shape index (κ3) is 10.8. The van der Waals surface area contributed by atoms with Crippen molar-refractivity contribution in [1.82, 2.24) is 0 Å². The highest BCUT2D eigenvalue weighted by atomic mass is 35.5. The first-order chi connectivity index (χ1) is 11.8. The van der Waals surface area contributed by atoms with Crippen LogP contribution >= 0.6 is 19.2 Å². The molecule has 0 aliphatic heterocycles. The highest BCUT2D eigenvalue weighted by molar-refractivity contribution is 7.53. The Bertz CT molecular complexity index is 612. The molecule has 1 aromatic carbocycles. The molecule has 0 spiro atoms. The minimum Gasteiger partial charge on any atom is -0.480 e. The van der Waals surface area contributed by atoms with E-state index in [2.05, 4.69) is 4.52 Å². The van der Waals surface area contributed by atoms with E-state index in [1.54, 1.807) is 38.1 Å². The van der Waals surface area contributed by atoms with Gasteiger partial charge in [0.05, 0.1) is 5.02 Å². The second-order valence-corrected chi connectivity index (χ2v) is 9.37. The van der Waals surface area contributed by atoms with Gasteiger partial charge < -0.3 is 24.6 Å². The number of benzene rings is 1. The normalized spacial score (nSPS) is 14.7. The average molecular weight is 410 g/mol. The molecule has 1 rings (SSSR count). The molecular weight excluding hydrogens is 381 g/mol. The van der Waals surface area contributed by atoms with Crippen molar-refractivity contribution in [3.63, 3.8) is 0 Å². The summed E-state index contributed by atoms with van der Waals surface area (Å²) in [6, 6.07) is 6.65. The Kier molecular flexibility index (Phi) is 10.4. The Hall–Kier alpha value is -1.11. The van der Waals surface area contributed by atoms with Crippen LogP contribution in [0.2, 0.25) is 5.02 Å². The summed E-state index contributed by atoms with van der Waals surface area (Å²) in [6.07, 6.45) is 0. The van der Waals surface area contributed by atoms with Crippen LogP contribution in [0.3, 0.4) is 0 Å². The van der Waals surface area contributed by atoms with Crippen LogP contribution in [0, 0.1) is 5.92 Å². The molecule has 0 aliphatic carbocycles. The van der Waals surface area contributed by atoms with E-state index < -0.39 is 26.0 Å². The van der Waals surface area contributed by atoms with E-state index in [9.17, 15) is 14.3 Å². The van der Waals surface area contributed by atoms with E-state index in [1.165, 1.54) is 0 Å². The highest BCUT2D eigenvalue weighted by Gasteiger charge is 2.37. The van der Waals surface area contributed by atoms with Crippen molar-refractivity contribution >= 4 is 25.2 Å². The summed E-state index contributed by atoms with van der Waals surface area (Å²) in [6.45, 7) is 8.77. The van der Waals surface area contributed by atoms with Crippen molar-refractivity contribution in [1.29, 1.82) is 0 Å². The Morgan fingerprint density at radius 3 is 2.23 bits per heavy atom. The topological polar surface area (TPSA) is 108 Å². The molecule has 1 aromatic rings. The van der Waals surface area contributed by atoms with Crippen LogP contribution in [0.5, 0.6) is 5.75 Å². The van der Waals surface area contributed by atoms with E-state index in [-0.39, 0.29) is 11.5 Å². The highest BCUT2D eigenvalue weighted by Crippen LogP contribution is 2.50. The molecule has 7 nitrogen and oxygen atoms in total. The van der Waals surface area contributed by atoms with Gasteiger partial charge in [-0.2, -0.15) is 0 Å². The molecular formula is C17H29ClNO6P. The smallest absolute Gasteiger partial charge is 0.368 e. The Labute approximate surface area is 160 Å². The van der Waals surface area contributed by atoms with Crippen LogP contribution in [-0.4, -0.2) is 36.0 Å². The molecule has 9 heteroatoms. The van der Waals surface area contributed by atoms with Gasteiger partial charge in [0.1, 0.15) is 5.75 Å². The van der Waals surface area contributed by atoms with E-state index in [0.29, 0.717) is 10.8 Å². The summed E-state index contributed by atoms with van der Waals surface area (Å²) < 4.78 is 26.5. The van der Waals surface area contributed by atoms with Gasteiger partial charge in [-0.05, 0) is 32.9 Å². The molecule has 0 aliphatic rings. The lowest BCUT2D eigenvalue weighted by molar-refractivity contribution is -0.150. The lowest BCUT2D eigenvalue weighted by atomic mass is 10.1.